The number of nitrogens with one attached hydrogen (secondary N) is 2. The van der Waals surface area contributed by atoms with Crippen LogP contribution in [0.5, 0.6) is 0 Å². The maximum absolute atomic E-state index is 11.4. The summed E-state index contributed by atoms with van der Waals surface area (Å²) in [6.07, 6.45) is 0.601. The second kappa shape index (κ2) is 4.71. The number of hydrogen-bond acceptors (Lipinski definition) is 3. The molecule has 0 aromatic carbocycles. The zero-order chi connectivity index (χ0) is 12.4. The topological polar surface area (TPSA) is 58.2 Å². The highest BCUT2D eigenvalue weighted by atomic mass is 32.2. The molecule has 0 spiro atoms. The van der Waals surface area contributed by atoms with E-state index in [1.54, 1.807) is 0 Å². The maximum Gasteiger partial charge on any atom is 0.167 e. The Labute approximate surface area is 102 Å². The molecule has 1 aliphatic rings. The van der Waals surface area contributed by atoms with Crippen molar-refractivity contribution in [2.24, 2.45) is 0 Å². The molecule has 0 aliphatic carbocycles. The summed E-state index contributed by atoms with van der Waals surface area (Å²) in [5.74, 6) is 0.383. The van der Waals surface area contributed by atoms with E-state index in [0.717, 1.165) is 5.57 Å². The Hall–Kier alpha value is -0.620. The number of hydrogen-bond donors (Lipinski definition) is 2. The molecule has 16 heavy (non-hydrogen) atoms. The van der Waals surface area contributed by atoms with Crippen LogP contribution in [0.3, 0.4) is 0 Å². The summed E-state index contributed by atoms with van der Waals surface area (Å²) in [6, 6.07) is 0. The van der Waals surface area contributed by atoms with Gasteiger partial charge in [0.25, 0.3) is 0 Å². The van der Waals surface area contributed by atoms with E-state index in [9.17, 15) is 8.42 Å². The summed E-state index contributed by atoms with van der Waals surface area (Å²) in [4.78, 5) is 0. The Morgan fingerprint density at radius 3 is 2.62 bits per heavy atom. The average molecular weight is 262 g/mol. The minimum Gasteiger partial charge on any atom is -0.359 e. The highest BCUT2D eigenvalue weighted by Crippen LogP contribution is 2.22. The summed E-state index contributed by atoms with van der Waals surface area (Å²) in [5, 5.41) is 6.54. The molecule has 1 heterocycles. The monoisotopic (exact) mass is 262 g/mol. The van der Waals surface area contributed by atoms with E-state index >= 15 is 0 Å². The van der Waals surface area contributed by atoms with Crippen molar-refractivity contribution in [1.29, 1.82) is 0 Å². The first-order valence-corrected chi connectivity index (χ1v) is 7.36. The molecule has 0 amide bonds. The van der Waals surface area contributed by atoms with Crippen LogP contribution < -0.4 is 10.6 Å². The van der Waals surface area contributed by atoms with Gasteiger partial charge >= 0.3 is 0 Å². The van der Waals surface area contributed by atoms with Crippen molar-refractivity contribution in [3.8, 4) is 0 Å². The van der Waals surface area contributed by atoms with Crippen LogP contribution in [0.1, 0.15) is 20.3 Å². The number of thiocarbonyl (C=S) groups is 1. The van der Waals surface area contributed by atoms with Gasteiger partial charge in [0.05, 0.1) is 17.0 Å². The van der Waals surface area contributed by atoms with E-state index in [0.29, 0.717) is 18.1 Å². The Bertz CT molecular complexity index is 403. The van der Waals surface area contributed by atoms with E-state index in [4.69, 9.17) is 12.2 Å². The van der Waals surface area contributed by atoms with Crippen molar-refractivity contribution in [1.82, 2.24) is 10.6 Å². The Kier molecular flexibility index (Phi) is 3.96. The van der Waals surface area contributed by atoms with Crippen LogP contribution in [-0.4, -0.2) is 37.1 Å². The van der Waals surface area contributed by atoms with Crippen molar-refractivity contribution in [2.45, 2.75) is 25.8 Å². The lowest BCUT2D eigenvalue weighted by molar-refractivity contribution is 0.469. The third-order valence-electron chi connectivity index (χ3n) is 2.47. The number of rotatable bonds is 3. The van der Waals surface area contributed by atoms with Crippen LogP contribution in [0.2, 0.25) is 0 Å². The van der Waals surface area contributed by atoms with Crippen molar-refractivity contribution >= 4 is 27.2 Å². The van der Waals surface area contributed by atoms with Gasteiger partial charge in [-0.2, -0.15) is 0 Å². The smallest absolute Gasteiger partial charge is 0.167 e. The van der Waals surface area contributed by atoms with Crippen LogP contribution in [0, 0.1) is 0 Å². The highest BCUT2D eigenvalue weighted by molar-refractivity contribution is 7.91. The summed E-state index contributed by atoms with van der Waals surface area (Å²) in [7, 11) is -2.90. The molecule has 92 valence electrons. The van der Waals surface area contributed by atoms with Crippen molar-refractivity contribution in [3.05, 3.63) is 12.2 Å². The van der Waals surface area contributed by atoms with Gasteiger partial charge in [-0.25, -0.2) is 8.42 Å². The van der Waals surface area contributed by atoms with Crippen molar-refractivity contribution < 1.29 is 8.42 Å². The summed E-state index contributed by atoms with van der Waals surface area (Å²) < 4.78 is 22.8. The van der Waals surface area contributed by atoms with Gasteiger partial charge in [-0.05, 0) is 32.5 Å². The molecule has 1 aliphatic heterocycles. The average Bonchev–Trinajstić information content (AvgIpc) is 2.37. The summed E-state index contributed by atoms with van der Waals surface area (Å²) >= 11 is 5.10. The third kappa shape index (κ3) is 4.09. The summed E-state index contributed by atoms with van der Waals surface area (Å²) in [6.45, 7) is 8.14. The fraction of sp³-hybridized carbons (Fsp3) is 0.700. The van der Waals surface area contributed by atoms with Gasteiger partial charge in [-0.15, -0.1) is 0 Å². The maximum atomic E-state index is 11.4. The Morgan fingerprint density at radius 1 is 1.56 bits per heavy atom. The number of sulfone groups is 1. The second-order valence-corrected chi connectivity index (χ2v) is 7.26. The van der Waals surface area contributed by atoms with E-state index in [-0.39, 0.29) is 11.5 Å². The first kappa shape index (κ1) is 13.4. The molecule has 2 N–H and O–H groups in total. The summed E-state index contributed by atoms with van der Waals surface area (Å²) in [5.41, 5.74) is 0.547. The zero-order valence-electron chi connectivity index (χ0n) is 9.67. The largest absolute Gasteiger partial charge is 0.359 e. The SMILES string of the molecule is C=C(C)CNC(=S)N[C@]1(C)CCS(=O)(=O)C1. The quantitative estimate of drug-likeness (QED) is 0.576. The molecule has 1 atom stereocenters. The molecule has 0 aromatic heterocycles. The molecule has 4 nitrogen and oxygen atoms in total. The normalized spacial score (nSPS) is 27.4. The highest BCUT2D eigenvalue weighted by Gasteiger charge is 2.38. The van der Waals surface area contributed by atoms with Crippen LogP contribution in [0.4, 0.5) is 0 Å². The first-order valence-electron chi connectivity index (χ1n) is 5.13. The minimum atomic E-state index is -2.90. The third-order valence-corrected chi connectivity index (χ3v) is 4.62. The molecule has 0 saturated carbocycles. The second-order valence-electron chi connectivity index (χ2n) is 4.67. The molecule has 1 fully saturated rings. The zero-order valence-corrected chi connectivity index (χ0v) is 11.3. The van der Waals surface area contributed by atoms with Gasteiger partial charge in [0.2, 0.25) is 0 Å². The molecule has 0 aromatic rings. The molecule has 6 heteroatoms. The Morgan fingerprint density at radius 2 is 2.19 bits per heavy atom. The molecule has 0 radical (unpaired) electrons. The van der Waals surface area contributed by atoms with Gasteiger partial charge in [0.1, 0.15) is 0 Å². The lowest BCUT2D eigenvalue weighted by Crippen LogP contribution is -2.51. The molecule has 0 unspecified atom stereocenters. The van der Waals surface area contributed by atoms with Crippen molar-refractivity contribution in [3.63, 3.8) is 0 Å². The van der Waals surface area contributed by atoms with Crippen LogP contribution in [-0.2, 0) is 9.84 Å². The molecular formula is C10H18N2O2S2. The van der Waals surface area contributed by atoms with Crippen LogP contribution in [0.15, 0.2) is 12.2 Å². The van der Waals surface area contributed by atoms with E-state index in [1.165, 1.54) is 0 Å². The van der Waals surface area contributed by atoms with E-state index in [2.05, 4.69) is 17.2 Å². The van der Waals surface area contributed by atoms with E-state index in [1.807, 2.05) is 13.8 Å². The van der Waals surface area contributed by atoms with Gasteiger partial charge in [0.15, 0.2) is 14.9 Å². The van der Waals surface area contributed by atoms with Crippen LogP contribution >= 0.6 is 12.2 Å². The van der Waals surface area contributed by atoms with Gasteiger partial charge in [-0.3, -0.25) is 0 Å². The van der Waals surface area contributed by atoms with Crippen molar-refractivity contribution in [2.75, 3.05) is 18.1 Å². The standard InChI is InChI=1S/C10H18N2O2S2/c1-8(2)6-11-9(15)12-10(3)4-5-16(13,14)7-10/h1,4-7H2,2-3H3,(H2,11,12,15)/t10-/m1/s1. The van der Waals surface area contributed by atoms with E-state index < -0.39 is 15.4 Å². The van der Waals surface area contributed by atoms with Gasteiger partial charge < -0.3 is 10.6 Å². The van der Waals surface area contributed by atoms with Gasteiger partial charge in [-0.1, -0.05) is 12.2 Å². The Balaban J connectivity index is 2.48. The lowest BCUT2D eigenvalue weighted by atomic mass is 10.0. The molecule has 0 bridgehead atoms. The van der Waals surface area contributed by atoms with Gasteiger partial charge in [0, 0.05) is 6.54 Å². The predicted molar refractivity (Wildman–Crippen MR) is 70.2 cm³/mol. The fourth-order valence-electron chi connectivity index (χ4n) is 1.66. The first-order chi connectivity index (χ1) is 7.22. The predicted octanol–water partition coefficient (Wildman–Crippen LogP) is 0.604. The molecule has 1 saturated heterocycles. The fourth-order valence-corrected chi connectivity index (χ4v) is 4.07. The van der Waals surface area contributed by atoms with Crippen LogP contribution in [0.25, 0.3) is 0 Å². The molecule has 1 rings (SSSR count). The lowest BCUT2D eigenvalue weighted by Gasteiger charge is -2.26. The minimum absolute atomic E-state index is 0.148. The molecular weight excluding hydrogens is 244 g/mol.